The number of imidazole rings is 1. The Morgan fingerprint density at radius 2 is 2.14 bits per heavy atom. The van der Waals surface area contributed by atoms with Crippen LogP contribution in [-0.4, -0.2) is 29.6 Å². The van der Waals surface area contributed by atoms with Crippen LogP contribution in [0.1, 0.15) is 25.7 Å². The molecule has 0 saturated heterocycles. The molecule has 7 nitrogen and oxygen atoms in total. The number of fused-ring (bicyclic) bond motifs is 1. The first-order valence-corrected chi connectivity index (χ1v) is 6.70. The number of hydrogen-bond donors (Lipinski definition) is 2. The summed E-state index contributed by atoms with van der Waals surface area (Å²) in [5, 5.41) is 12.6. The summed E-state index contributed by atoms with van der Waals surface area (Å²) < 4.78 is 2.00. The largest absolute Gasteiger partial charge is 0.388 e. The maximum Gasteiger partial charge on any atom is 0.136 e. The van der Waals surface area contributed by atoms with Crippen LogP contribution in [-0.2, 0) is 6.61 Å². The highest BCUT2D eigenvalue weighted by atomic mass is 16.3. The minimum Gasteiger partial charge on any atom is -0.388 e. The highest BCUT2D eigenvalue weighted by molar-refractivity contribution is 5.79. The van der Waals surface area contributed by atoms with E-state index in [0.29, 0.717) is 17.5 Å². The van der Waals surface area contributed by atoms with Gasteiger partial charge in [-0.2, -0.15) is 0 Å². The molecule has 0 amide bonds. The highest BCUT2D eigenvalue weighted by Gasteiger charge is 2.13. The summed E-state index contributed by atoms with van der Waals surface area (Å²) in [7, 11) is 0. The van der Waals surface area contributed by atoms with E-state index in [1.165, 1.54) is 6.33 Å². The smallest absolute Gasteiger partial charge is 0.136 e. The van der Waals surface area contributed by atoms with E-state index in [-0.39, 0.29) is 12.6 Å². The molecule has 21 heavy (non-hydrogen) atoms. The van der Waals surface area contributed by atoms with Crippen molar-refractivity contribution in [3.8, 4) is 0 Å². The van der Waals surface area contributed by atoms with Gasteiger partial charge < -0.3 is 15.0 Å². The van der Waals surface area contributed by atoms with E-state index in [4.69, 9.17) is 0 Å². The molecule has 0 spiro atoms. The van der Waals surface area contributed by atoms with Crippen LogP contribution in [0, 0.1) is 0 Å². The van der Waals surface area contributed by atoms with Crippen LogP contribution >= 0.6 is 0 Å². The van der Waals surface area contributed by atoms with E-state index in [1.807, 2.05) is 10.6 Å². The molecule has 0 aliphatic heterocycles. The molecule has 7 heteroatoms. The van der Waals surface area contributed by atoms with Crippen LogP contribution in [0.2, 0.25) is 0 Å². The molecule has 3 aromatic heterocycles. The number of nitrogens with one attached hydrogen (secondary N) is 1. The number of hydrogen-bond acceptors (Lipinski definition) is 6. The molecule has 3 aromatic rings. The predicted molar refractivity (Wildman–Crippen MR) is 79.2 cm³/mol. The van der Waals surface area contributed by atoms with E-state index in [0.717, 1.165) is 11.0 Å². The molecular formula is C14H16N6O. The molecule has 0 unspecified atom stereocenters. The van der Waals surface area contributed by atoms with Crippen LogP contribution < -0.4 is 5.32 Å². The molecule has 3 heterocycles. The topological polar surface area (TPSA) is 88.8 Å². The molecule has 0 aromatic carbocycles. The minimum absolute atomic E-state index is 0.0957. The Morgan fingerprint density at radius 3 is 2.81 bits per heavy atom. The third-order valence-electron chi connectivity index (χ3n) is 3.14. The Bertz CT molecular complexity index is 753. The molecule has 0 atom stereocenters. The fraction of sp³-hybridized carbons (Fsp3) is 0.286. The molecule has 0 saturated carbocycles. The zero-order valence-electron chi connectivity index (χ0n) is 11.9. The van der Waals surface area contributed by atoms with Gasteiger partial charge in [-0.3, -0.25) is 0 Å². The third-order valence-corrected chi connectivity index (χ3v) is 3.14. The Kier molecular flexibility index (Phi) is 3.49. The van der Waals surface area contributed by atoms with E-state index >= 15 is 0 Å². The van der Waals surface area contributed by atoms with Crippen molar-refractivity contribution in [1.29, 1.82) is 0 Å². The van der Waals surface area contributed by atoms with Gasteiger partial charge in [-0.15, -0.1) is 0 Å². The lowest BCUT2D eigenvalue weighted by Crippen LogP contribution is -2.06. The highest BCUT2D eigenvalue weighted by Crippen LogP contribution is 2.23. The average molecular weight is 284 g/mol. The standard InChI is InChI=1S/C14H16N6O/c1-9(2)20-11-5-13(19-12-3-4-15-8-17-12)16-6-10(11)18-14(20)7-21/h3-6,8-9,21H,7H2,1-2H3,(H,15,16,17,19). The van der Waals surface area contributed by atoms with Crippen molar-refractivity contribution in [3.05, 3.63) is 36.7 Å². The first kappa shape index (κ1) is 13.4. The van der Waals surface area contributed by atoms with E-state index in [1.54, 1.807) is 18.5 Å². The third kappa shape index (κ3) is 2.55. The summed E-state index contributed by atoms with van der Waals surface area (Å²) in [5.41, 5.74) is 1.70. The van der Waals surface area contributed by atoms with Gasteiger partial charge in [0.25, 0.3) is 0 Å². The zero-order chi connectivity index (χ0) is 14.8. The van der Waals surface area contributed by atoms with E-state index in [9.17, 15) is 5.11 Å². The lowest BCUT2D eigenvalue weighted by atomic mass is 10.3. The van der Waals surface area contributed by atoms with Crippen LogP contribution in [0.3, 0.4) is 0 Å². The van der Waals surface area contributed by atoms with Crippen molar-refractivity contribution in [2.75, 3.05) is 5.32 Å². The van der Waals surface area contributed by atoms with Crippen LogP contribution in [0.15, 0.2) is 30.9 Å². The number of aliphatic hydroxyl groups is 1. The van der Waals surface area contributed by atoms with Gasteiger partial charge in [0, 0.05) is 18.3 Å². The maximum atomic E-state index is 9.44. The SMILES string of the molecule is CC(C)n1c(CO)nc2cnc(Nc3ccncn3)cc21. The van der Waals surface area contributed by atoms with Crippen LogP contribution in [0.4, 0.5) is 11.6 Å². The predicted octanol–water partition coefficient (Wildman–Crippen LogP) is 2.04. The number of nitrogens with zero attached hydrogens (tertiary/aromatic N) is 5. The van der Waals surface area contributed by atoms with Crippen LogP contribution in [0.25, 0.3) is 11.0 Å². The number of rotatable bonds is 4. The molecule has 0 aliphatic carbocycles. The van der Waals surface area contributed by atoms with Crippen LogP contribution in [0.5, 0.6) is 0 Å². The Morgan fingerprint density at radius 1 is 1.29 bits per heavy atom. The van der Waals surface area contributed by atoms with Gasteiger partial charge in [-0.25, -0.2) is 19.9 Å². The molecule has 0 fully saturated rings. The first-order chi connectivity index (χ1) is 10.2. The average Bonchev–Trinajstić information content (AvgIpc) is 2.86. The van der Waals surface area contributed by atoms with Crippen molar-refractivity contribution in [2.45, 2.75) is 26.5 Å². The second-order valence-electron chi connectivity index (χ2n) is 4.93. The fourth-order valence-electron chi connectivity index (χ4n) is 2.30. The number of anilines is 2. The Labute approximate surface area is 121 Å². The summed E-state index contributed by atoms with van der Waals surface area (Å²) in [6, 6.07) is 3.88. The molecule has 0 radical (unpaired) electrons. The molecule has 0 bridgehead atoms. The van der Waals surface area contributed by atoms with E-state index < -0.39 is 0 Å². The second-order valence-corrected chi connectivity index (χ2v) is 4.93. The Balaban J connectivity index is 2.04. The summed E-state index contributed by atoms with van der Waals surface area (Å²) in [6.07, 6.45) is 4.83. The molecule has 0 aliphatic rings. The van der Waals surface area contributed by atoms with E-state index in [2.05, 4.69) is 39.1 Å². The normalized spacial score (nSPS) is 11.2. The molecule has 108 valence electrons. The lowest BCUT2D eigenvalue weighted by molar-refractivity contribution is 0.263. The zero-order valence-corrected chi connectivity index (χ0v) is 11.9. The molecular weight excluding hydrogens is 268 g/mol. The summed E-state index contributed by atoms with van der Waals surface area (Å²) >= 11 is 0. The van der Waals surface area contributed by atoms with Gasteiger partial charge >= 0.3 is 0 Å². The summed E-state index contributed by atoms with van der Waals surface area (Å²) in [6.45, 7) is 4.01. The number of aromatic nitrogens is 5. The second kappa shape index (κ2) is 5.45. The van der Waals surface area contributed by atoms with Gasteiger partial charge in [0.05, 0.1) is 11.7 Å². The van der Waals surface area contributed by atoms with Crippen molar-refractivity contribution in [1.82, 2.24) is 24.5 Å². The number of aliphatic hydroxyl groups excluding tert-OH is 1. The van der Waals surface area contributed by atoms with Gasteiger partial charge in [-0.05, 0) is 19.9 Å². The van der Waals surface area contributed by atoms with Crippen molar-refractivity contribution in [2.24, 2.45) is 0 Å². The summed E-state index contributed by atoms with van der Waals surface area (Å²) in [5.74, 6) is 1.99. The van der Waals surface area contributed by atoms with Gasteiger partial charge in [0.2, 0.25) is 0 Å². The molecule has 2 N–H and O–H groups in total. The quantitative estimate of drug-likeness (QED) is 0.762. The molecule has 3 rings (SSSR count). The number of pyridine rings is 1. The monoisotopic (exact) mass is 284 g/mol. The maximum absolute atomic E-state index is 9.44. The van der Waals surface area contributed by atoms with Crippen molar-refractivity contribution < 1.29 is 5.11 Å². The van der Waals surface area contributed by atoms with Crippen molar-refractivity contribution in [3.63, 3.8) is 0 Å². The fourth-order valence-corrected chi connectivity index (χ4v) is 2.30. The van der Waals surface area contributed by atoms with Gasteiger partial charge in [0.15, 0.2) is 0 Å². The van der Waals surface area contributed by atoms with Gasteiger partial charge in [0.1, 0.15) is 35.9 Å². The Hall–Kier alpha value is -2.54. The van der Waals surface area contributed by atoms with Crippen molar-refractivity contribution >= 4 is 22.7 Å². The van der Waals surface area contributed by atoms with Gasteiger partial charge in [-0.1, -0.05) is 0 Å². The minimum atomic E-state index is -0.0957. The summed E-state index contributed by atoms with van der Waals surface area (Å²) in [4.78, 5) is 16.7. The lowest BCUT2D eigenvalue weighted by Gasteiger charge is -2.12. The first-order valence-electron chi connectivity index (χ1n) is 6.70.